The number of hydrogen-bond donors (Lipinski definition) is 0. The molecule has 0 aliphatic carbocycles. The molecule has 4 rings (SSSR count). The van der Waals surface area contributed by atoms with E-state index in [4.69, 9.17) is 11.6 Å². The van der Waals surface area contributed by atoms with E-state index in [9.17, 15) is 14.4 Å². The van der Waals surface area contributed by atoms with E-state index in [0.717, 1.165) is 10.1 Å². The lowest BCUT2D eigenvalue weighted by atomic mass is 10.0. The Labute approximate surface area is 170 Å². The van der Waals surface area contributed by atoms with Crippen molar-refractivity contribution >= 4 is 28.5 Å². The lowest BCUT2D eigenvalue weighted by molar-refractivity contribution is 0.103. The largest absolute Gasteiger partial charge is 0.332 e. The molecule has 0 radical (unpaired) electrons. The lowest BCUT2D eigenvalue weighted by Gasteiger charge is -2.09. The van der Waals surface area contributed by atoms with Crippen LogP contribution >= 0.6 is 11.6 Å². The van der Waals surface area contributed by atoms with Crippen molar-refractivity contribution in [2.75, 3.05) is 0 Å². The predicted octanol–water partition coefficient (Wildman–Crippen LogP) is 2.37. The van der Waals surface area contributed by atoms with Gasteiger partial charge >= 0.3 is 5.69 Å². The molecule has 0 atom stereocenters. The smallest absolute Gasteiger partial charge is 0.312 e. The van der Waals surface area contributed by atoms with Crippen molar-refractivity contribution in [1.82, 2.24) is 18.7 Å². The van der Waals surface area contributed by atoms with Crippen LogP contribution in [-0.4, -0.2) is 24.5 Å². The number of fused-ring (bicyclic) bond motifs is 1. The average molecular weight is 409 g/mol. The maximum absolute atomic E-state index is 12.6. The third-order valence-electron chi connectivity index (χ3n) is 4.90. The standard InChI is InChI=1S/C21H17ClN4O3/c1-24-19-17(20(28)25(2)21(24)29)23-12-26(19)11-13-7-9-14(10-8-13)18(27)15-5-3-4-6-16(15)22/h3-10,12H,11H2,1-2H3. The third kappa shape index (κ3) is 3.19. The second-order valence-corrected chi connectivity index (χ2v) is 7.16. The molecule has 8 heteroatoms. The highest BCUT2D eigenvalue weighted by molar-refractivity contribution is 6.34. The Morgan fingerprint density at radius 1 is 1.00 bits per heavy atom. The average Bonchev–Trinajstić information content (AvgIpc) is 3.15. The monoisotopic (exact) mass is 408 g/mol. The van der Waals surface area contributed by atoms with Crippen molar-refractivity contribution in [2.24, 2.45) is 14.1 Å². The molecule has 0 saturated carbocycles. The molecule has 4 aromatic rings. The van der Waals surface area contributed by atoms with Gasteiger partial charge in [0.2, 0.25) is 0 Å². The summed E-state index contributed by atoms with van der Waals surface area (Å²) in [5.41, 5.74) is 1.72. The number of imidazole rings is 1. The lowest BCUT2D eigenvalue weighted by Crippen LogP contribution is -2.37. The summed E-state index contributed by atoms with van der Waals surface area (Å²) in [7, 11) is 3.03. The van der Waals surface area contributed by atoms with Crippen molar-refractivity contribution in [2.45, 2.75) is 6.54 Å². The molecule has 0 saturated heterocycles. The number of aryl methyl sites for hydroxylation is 1. The van der Waals surface area contributed by atoms with Gasteiger partial charge in [0.25, 0.3) is 5.56 Å². The topological polar surface area (TPSA) is 78.9 Å². The first kappa shape index (κ1) is 18.9. The summed E-state index contributed by atoms with van der Waals surface area (Å²) < 4.78 is 4.18. The molecule has 7 nitrogen and oxygen atoms in total. The highest BCUT2D eigenvalue weighted by Gasteiger charge is 2.15. The first-order chi connectivity index (χ1) is 13.9. The molecule has 29 heavy (non-hydrogen) atoms. The van der Waals surface area contributed by atoms with Crippen LogP contribution in [0.25, 0.3) is 11.2 Å². The first-order valence-corrected chi connectivity index (χ1v) is 9.25. The summed E-state index contributed by atoms with van der Waals surface area (Å²) in [4.78, 5) is 41.3. The maximum Gasteiger partial charge on any atom is 0.332 e. The number of carbonyl (C=O) groups is 1. The molecule has 2 aromatic carbocycles. The van der Waals surface area contributed by atoms with Crippen LogP contribution in [-0.2, 0) is 20.6 Å². The van der Waals surface area contributed by atoms with Gasteiger partial charge in [0.15, 0.2) is 11.3 Å². The molecule has 146 valence electrons. The van der Waals surface area contributed by atoms with E-state index in [1.807, 2.05) is 12.1 Å². The molecular weight excluding hydrogens is 392 g/mol. The molecule has 0 fully saturated rings. The van der Waals surface area contributed by atoms with Crippen LogP contribution in [0.15, 0.2) is 64.4 Å². The van der Waals surface area contributed by atoms with E-state index in [0.29, 0.717) is 28.3 Å². The fourth-order valence-electron chi connectivity index (χ4n) is 3.31. The number of benzene rings is 2. The van der Waals surface area contributed by atoms with Crippen LogP contribution in [0.2, 0.25) is 5.02 Å². The maximum atomic E-state index is 12.6. The molecular formula is C21H17ClN4O3. The van der Waals surface area contributed by atoms with Gasteiger partial charge in [-0.05, 0) is 17.7 Å². The summed E-state index contributed by atoms with van der Waals surface area (Å²) in [5, 5.41) is 0.411. The van der Waals surface area contributed by atoms with Gasteiger partial charge in [-0.2, -0.15) is 0 Å². The summed E-state index contributed by atoms with van der Waals surface area (Å²) in [6, 6.07) is 14.0. The van der Waals surface area contributed by atoms with E-state index in [2.05, 4.69) is 4.98 Å². The number of rotatable bonds is 4. The fraction of sp³-hybridized carbons (Fsp3) is 0.143. The van der Waals surface area contributed by atoms with Crippen molar-refractivity contribution in [1.29, 1.82) is 0 Å². The zero-order valence-corrected chi connectivity index (χ0v) is 16.6. The second-order valence-electron chi connectivity index (χ2n) is 6.76. The van der Waals surface area contributed by atoms with Gasteiger partial charge in [-0.25, -0.2) is 9.78 Å². The van der Waals surface area contributed by atoms with E-state index in [1.54, 1.807) is 48.0 Å². The van der Waals surface area contributed by atoms with E-state index in [-0.39, 0.29) is 11.3 Å². The highest BCUT2D eigenvalue weighted by atomic mass is 35.5. The van der Waals surface area contributed by atoms with Crippen molar-refractivity contribution in [3.8, 4) is 0 Å². The molecule has 0 amide bonds. The molecule has 0 aliphatic rings. The molecule has 0 unspecified atom stereocenters. The Balaban J connectivity index is 1.67. The minimum Gasteiger partial charge on any atom is -0.312 e. The summed E-state index contributed by atoms with van der Waals surface area (Å²) in [6.07, 6.45) is 1.54. The zero-order valence-electron chi connectivity index (χ0n) is 15.8. The molecule has 2 aromatic heterocycles. The minimum atomic E-state index is -0.428. The van der Waals surface area contributed by atoms with Crippen LogP contribution in [0, 0.1) is 0 Å². The Hall–Kier alpha value is -3.45. The van der Waals surface area contributed by atoms with E-state index in [1.165, 1.54) is 17.9 Å². The zero-order chi connectivity index (χ0) is 20.7. The predicted molar refractivity (Wildman–Crippen MR) is 111 cm³/mol. The van der Waals surface area contributed by atoms with Crippen molar-refractivity contribution in [3.63, 3.8) is 0 Å². The molecule has 0 N–H and O–H groups in total. The van der Waals surface area contributed by atoms with Gasteiger partial charge in [-0.3, -0.25) is 18.7 Å². The summed E-state index contributed by atoms with van der Waals surface area (Å²) in [6.45, 7) is 0.400. The number of hydrogen-bond acceptors (Lipinski definition) is 4. The van der Waals surface area contributed by atoms with Gasteiger partial charge in [-0.15, -0.1) is 0 Å². The van der Waals surface area contributed by atoms with Crippen molar-refractivity contribution in [3.05, 3.63) is 97.4 Å². The molecule has 0 spiro atoms. The minimum absolute atomic E-state index is 0.152. The summed E-state index contributed by atoms with van der Waals surface area (Å²) in [5.74, 6) is -0.152. The van der Waals surface area contributed by atoms with Crippen LogP contribution in [0.4, 0.5) is 0 Å². The Kier molecular flexibility index (Phi) is 4.68. The fourth-order valence-corrected chi connectivity index (χ4v) is 3.54. The van der Waals surface area contributed by atoms with Gasteiger partial charge in [0, 0.05) is 25.2 Å². The molecule has 2 heterocycles. The van der Waals surface area contributed by atoms with Gasteiger partial charge in [0.1, 0.15) is 5.65 Å². The number of halogens is 1. The molecule has 0 bridgehead atoms. The van der Waals surface area contributed by atoms with E-state index >= 15 is 0 Å². The number of aromatic nitrogens is 4. The molecule has 0 aliphatic heterocycles. The van der Waals surface area contributed by atoms with Crippen LogP contribution < -0.4 is 11.2 Å². The quantitative estimate of drug-likeness (QED) is 0.486. The Morgan fingerprint density at radius 2 is 1.69 bits per heavy atom. The Morgan fingerprint density at radius 3 is 2.38 bits per heavy atom. The second kappa shape index (κ2) is 7.18. The SMILES string of the molecule is Cn1c(=O)c2ncn(Cc3ccc(C(=O)c4ccccc4Cl)cc3)c2n(C)c1=O. The summed E-state index contributed by atoms with van der Waals surface area (Å²) >= 11 is 6.12. The van der Waals surface area contributed by atoms with Crippen LogP contribution in [0.3, 0.4) is 0 Å². The van der Waals surface area contributed by atoms with Crippen LogP contribution in [0.1, 0.15) is 21.5 Å². The highest BCUT2D eigenvalue weighted by Crippen LogP contribution is 2.20. The van der Waals surface area contributed by atoms with Gasteiger partial charge in [-0.1, -0.05) is 48.0 Å². The van der Waals surface area contributed by atoms with Crippen LogP contribution in [0.5, 0.6) is 0 Å². The Bertz CT molecular complexity index is 1360. The van der Waals surface area contributed by atoms with Gasteiger partial charge < -0.3 is 4.57 Å². The van der Waals surface area contributed by atoms with Crippen molar-refractivity contribution < 1.29 is 4.79 Å². The number of ketones is 1. The normalized spacial score (nSPS) is 11.1. The number of nitrogens with zero attached hydrogens (tertiary/aromatic N) is 4. The first-order valence-electron chi connectivity index (χ1n) is 8.87. The number of carbonyl (C=O) groups excluding carboxylic acids is 1. The third-order valence-corrected chi connectivity index (χ3v) is 5.23. The van der Waals surface area contributed by atoms with Gasteiger partial charge in [0.05, 0.1) is 17.9 Å². The van der Waals surface area contributed by atoms with E-state index < -0.39 is 11.2 Å².